The molecule has 0 bridgehead atoms. The zero-order valence-electron chi connectivity index (χ0n) is 30.7. The summed E-state index contributed by atoms with van der Waals surface area (Å²) in [5, 5.41) is 19.8. The molecular formula is C40H50O9. The van der Waals surface area contributed by atoms with E-state index in [1.807, 2.05) is 55.4 Å². The molecule has 0 aliphatic heterocycles. The molecule has 49 heavy (non-hydrogen) atoms. The van der Waals surface area contributed by atoms with Crippen LogP contribution >= 0.6 is 0 Å². The highest BCUT2D eigenvalue weighted by atomic mass is 16.6. The molecule has 9 heteroatoms. The molecule has 4 aromatic rings. The van der Waals surface area contributed by atoms with Crippen LogP contribution in [-0.2, 0) is 0 Å². The van der Waals surface area contributed by atoms with E-state index in [9.17, 15) is 29.4 Å². The minimum Gasteiger partial charge on any atom is -0.507 e. The van der Waals surface area contributed by atoms with Crippen LogP contribution in [0.25, 0.3) is 0 Å². The van der Waals surface area contributed by atoms with Gasteiger partial charge in [0.2, 0.25) is 0 Å². The van der Waals surface area contributed by atoms with Gasteiger partial charge in [-0.3, -0.25) is 0 Å². The molecule has 2 N–H and O–H groups in total. The van der Waals surface area contributed by atoms with Gasteiger partial charge in [-0.1, -0.05) is 104 Å². The Labute approximate surface area is 290 Å². The van der Waals surface area contributed by atoms with Crippen molar-refractivity contribution in [3.63, 3.8) is 0 Å². The predicted molar refractivity (Wildman–Crippen MR) is 194 cm³/mol. The van der Waals surface area contributed by atoms with E-state index in [1.54, 1.807) is 70.2 Å². The molecule has 0 unspecified atom stereocenters. The van der Waals surface area contributed by atoms with Crippen molar-refractivity contribution in [3.05, 3.63) is 117 Å². The molecule has 0 aromatic heterocycles. The summed E-state index contributed by atoms with van der Waals surface area (Å²) < 4.78 is 16.7. The van der Waals surface area contributed by atoms with Gasteiger partial charge in [0.1, 0.15) is 45.3 Å². The van der Waals surface area contributed by atoms with Crippen LogP contribution in [0.5, 0.6) is 23.0 Å². The van der Waals surface area contributed by atoms with Crippen LogP contribution in [0.2, 0.25) is 0 Å². The van der Waals surface area contributed by atoms with E-state index in [1.165, 1.54) is 30.3 Å². The van der Waals surface area contributed by atoms with Gasteiger partial charge in [-0.05, 0) is 74.2 Å². The molecule has 9 nitrogen and oxygen atoms in total. The fourth-order valence-corrected chi connectivity index (χ4v) is 4.12. The van der Waals surface area contributed by atoms with Gasteiger partial charge in [-0.15, -0.1) is 0 Å². The van der Waals surface area contributed by atoms with Crippen molar-refractivity contribution in [2.45, 2.75) is 83.1 Å². The second-order valence-corrected chi connectivity index (χ2v) is 9.30. The molecule has 0 spiro atoms. The summed E-state index contributed by atoms with van der Waals surface area (Å²) in [6, 6.07) is 18.2. The summed E-state index contributed by atoms with van der Waals surface area (Å²) in [6.07, 6.45) is 0. The number of aryl methyl sites for hydroxylation is 4. The number of carbonyl (C=O) groups is 4. The largest absolute Gasteiger partial charge is 0.507 e. The van der Waals surface area contributed by atoms with Crippen LogP contribution in [0.3, 0.4) is 0 Å². The van der Waals surface area contributed by atoms with Crippen LogP contribution in [0.4, 0.5) is 0 Å². The Bertz CT molecular complexity index is 1700. The topological polar surface area (TPSA) is 136 Å². The third-order valence-electron chi connectivity index (χ3n) is 6.35. The summed E-state index contributed by atoms with van der Waals surface area (Å²) in [5.74, 6) is -4.55. The highest BCUT2D eigenvalue weighted by Crippen LogP contribution is 2.32. The monoisotopic (exact) mass is 674 g/mol. The maximum atomic E-state index is 13.4. The Morgan fingerprint density at radius 2 is 0.694 bits per heavy atom. The molecule has 0 aliphatic carbocycles. The third-order valence-corrected chi connectivity index (χ3v) is 6.35. The summed E-state index contributed by atoms with van der Waals surface area (Å²) in [6.45, 7) is 22.5. The van der Waals surface area contributed by atoms with Gasteiger partial charge in [0.05, 0.1) is 0 Å². The number of carbonyl (C=O) groups excluding carboxylic acids is 3. The number of carboxylic acid groups (broad SMARTS) is 1. The molecule has 0 aliphatic rings. The molecule has 0 amide bonds. The number of phenolic OH excluding ortho intramolecular Hbond substituents is 1. The van der Waals surface area contributed by atoms with Crippen molar-refractivity contribution in [2.24, 2.45) is 0 Å². The molecular weight excluding hydrogens is 624 g/mol. The van der Waals surface area contributed by atoms with Gasteiger partial charge in [0, 0.05) is 0 Å². The fraction of sp³-hybridized carbons (Fsp3) is 0.300. The van der Waals surface area contributed by atoms with Gasteiger partial charge in [0.15, 0.2) is 0 Å². The molecule has 0 fully saturated rings. The molecule has 4 rings (SSSR count). The highest BCUT2D eigenvalue weighted by molar-refractivity contribution is 6.01. The number of esters is 3. The van der Waals surface area contributed by atoms with E-state index < -0.39 is 23.9 Å². The average molecular weight is 675 g/mol. The second kappa shape index (κ2) is 22.2. The lowest BCUT2D eigenvalue weighted by molar-refractivity contribution is 0.0676. The quantitative estimate of drug-likeness (QED) is 0.145. The number of hydrogen-bond acceptors (Lipinski definition) is 8. The summed E-state index contributed by atoms with van der Waals surface area (Å²) in [5.41, 5.74) is 1.29. The normalized spacial score (nSPS) is 9.31. The van der Waals surface area contributed by atoms with Gasteiger partial charge >= 0.3 is 23.9 Å². The zero-order chi connectivity index (χ0) is 37.8. The lowest BCUT2D eigenvalue weighted by Crippen LogP contribution is -2.18. The lowest BCUT2D eigenvalue weighted by atomic mass is 10.1. The number of para-hydroxylation sites is 4. The molecule has 0 atom stereocenters. The Morgan fingerprint density at radius 3 is 1.04 bits per heavy atom. The highest BCUT2D eigenvalue weighted by Gasteiger charge is 2.26. The number of rotatable bonds is 7. The van der Waals surface area contributed by atoms with Crippen molar-refractivity contribution >= 4 is 23.9 Å². The Morgan fingerprint density at radius 1 is 0.429 bits per heavy atom. The summed E-state index contributed by atoms with van der Waals surface area (Å²) in [7, 11) is 0. The first kappa shape index (κ1) is 43.6. The SMILES string of the molecule is CC.CC.CC.CC.Cc1cccc(C(=O)Oc2c(C)cccc2C(=O)Oc2c(C)cccc2C(=O)Oc2c(C)cccc2C(=O)O)c1O. The van der Waals surface area contributed by atoms with E-state index >= 15 is 0 Å². The number of phenols is 1. The van der Waals surface area contributed by atoms with E-state index in [2.05, 4.69) is 0 Å². The Balaban J connectivity index is 0.00000268. The standard InChI is InChI=1S/C32H26O9.4C2H6/c1-17-9-5-13-21(25(17)33)30(36)40-27-19(3)11-7-15-23(27)32(38)41-28-20(4)12-8-16-24(28)31(37)39-26-18(2)10-6-14-22(26)29(34)35;4*1-2/h5-16,33H,1-4H3,(H,34,35);4*1-2H3. The number of benzene rings is 4. The van der Waals surface area contributed by atoms with Crippen LogP contribution < -0.4 is 14.2 Å². The molecule has 0 radical (unpaired) electrons. The van der Waals surface area contributed by atoms with Crippen molar-refractivity contribution < 1.29 is 43.6 Å². The first-order valence-electron chi connectivity index (χ1n) is 16.5. The smallest absolute Gasteiger partial charge is 0.347 e. The van der Waals surface area contributed by atoms with Gasteiger partial charge in [0.25, 0.3) is 0 Å². The molecule has 264 valence electrons. The zero-order valence-corrected chi connectivity index (χ0v) is 30.7. The number of carboxylic acids is 1. The fourth-order valence-electron chi connectivity index (χ4n) is 4.12. The average Bonchev–Trinajstić information content (AvgIpc) is 3.11. The minimum atomic E-state index is -1.27. The van der Waals surface area contributed by atoms with Crippen LogP contribution in [-0.4, -0.2) is 34.1 Å². The Kier molecular flexibility index (Phi) is 19.7. The first-order chi connectivity index (χ1) is 23.5. The van der Waals surface area contributed by atoms with Crippen LogP contribution in [0.1, 0.15) is 119 Å². The van der Waals surface area contributed by atoms with Crippen LogP contribution in [0, 0.1) is 27.7 Å². The predicted octanol–water partition coefficient (Wildman–Crippen LogP) is 10.1. The maximum Gasteiger partial charge on any atom is 0.347 e. The Hall–Kier alpha value is -5.44. The first-order valence-corrected chi connectivity index (χ1v) is 16.5. The van der Waals surface area contributed by atoms with Gasteiger partial charge < -0.3 is 24.4 Å². The van der Waals surface area contributed by atoms with Crippen molar-refractivity contribution in [3.8, 4) is 23.0 Å². The van der Waals surface area contributed by atoms with Crippen molar-refractivity contribution in [2.75, 3.05) is 0 Å². The van der Waals surface area contributed by atoms with E-state index in [0.29, 0.717) is 22.3 Å². The molecule has 0 heterocycles. The second-order valence-electron chi connectivity index (χ2n) is 9.30. The minimum absolute atomic E-state index is 0.0755. The lowest BCUT2D eigenvalue weighted by Gasteiger charge is -2.16. The van der Waals surface area contributed by atoms with E-state index in [4.69, 9.17) is 14.2 Å². The van der Waals surface area contributed by atoms with Gasteiger partial charge in [-0.25, -0.2) is 19.2 Å². The number of ether oxygens (including phenoxy) is 3. The number of aromatic hydroxyl groups is 1. The van der Waals surface area contributed by atoms with Crippen molar-refractivity contribution in [1.29, 1.82) is 0 Å². The molecule has 0 saturated heterocycles. The molecule has 4 aromatic carbocycles. The van der Waals surface area contributed by atoms with E-state index in [0.717, 1.165) is 0 Å². The maximum absolute atomic E-state index is 13.4. The van der Waals surface area contributed by atoms with Gasteiger partial charge in [-0.2, -0.15) is 0 Å². The summed E-state index contributed by atoms with van der Waals surface area (Å²) >= 11 is 0. The number of hydrogen-bond donors (Lipinski definition) is 2. The van der Waals surface area contributed by atoms with Crippen LogP contribution in [0.15, 0.2) is 72.8 Å². The van der Waals surface area contributed by atoms with E-state index in [-0.39, 0.29) is 45.3 Å². The summed E-state index contributed by atoms with van der Waals surface area (Å²) in [4.78, 5) is 51.2. The third kappa shape index (κ3) is 11.3. The van der Waals surface area contributed by atoms with Crippen molar-refractivity contribution in [1.82, 2.24) is 0 Å². The molecule has 0 saturated carbocycles. The number of aromatic carboxylic acids is 1.